The molecule has 1 atom stereocenters. The van der Waals surface area contributed by atoms with Crippen LogP contribution in [0.1, 0.15) is 26.7 Å². The van der Waals surface area contributed by atoms with Crippen LogP contribution in [0.5, 0.6) is 0 Å². The Morgan fingerprint density at radius 1 is 1.04 bits per heavy atom. The first-order valence-corrected chi connectivity index (χ1v) is 12.2. The molecule has 0 radical (unpaired) electrons. The number of nitrogens with zero attached hydrogens (tertiary/aromatic N) is 5. The van der Waals surface area contributed by atoms with Crippen LogP contribution in [0.25, 0.3) is 0 Å². The van der Waals surface area contributed by atoms with Crippen molar-refractivity contribution in [1.82, 2.24) is 24.5 Å². The van der Waals surface area contributed by atoms with Gasteiger partial charge in [-0.1, -0.05) is 61.8 Å². The van der Waals surface area contributed by atoms with Crippen LogP contribution in [0.15, 0.2) is 0 Å². The number of thioether (sulfide) groups is 2. The lowest BCUT2D eigenvalue weighted by atomic mass is 10.2. The average Bonchev–Trinajstić information content (AvgIpc) is 2.63. The van der Waals surface area contributed by atoms with Crippen molar-refractivity contribution in [3.8, 4) is 0 Å². The van der Waals surface area contributed by atoms with E-state index < -0.39 is 0 Å². The predicted molar refractivity (Wildman–Crippen MR) is 125 cm³/mol. The summed E-state index contributed by atoms with van der Waals surface area (Å²) in [7, 11) is 3.62. The van der Waals surface area contributed by atoms with Crippen molar-refractivity contribution in [2.45, 2.75) is 32.7 Å². The van der Waals surface area contributed by atoms with E-state index in [9.17, 15) is 4.79 Å². The van der Waals surface area contributed by atoms with Crippen LogP contribution in [-0.2, 0) is 4.79 Å². The van der Waals surface area contributed by atoms with Crippen LogP contribution in [0.2, 0.25) is 0 Å². The smallest absolute Gasteiger partial charge is 0.246 e. The van der Waals surface area contributed by atoms with E-state index in [0.717, 1.165) is 53.0 Å². The number of carbonyl (C=O) groups is 1. The fraction of sp³-hybridized carbons (Fsp3) is 0.824. The highest BCUT2D eigenvalue weighted by Gasteiger charge is 2.36. The van der Waals surface area contributed by atoms with E-state index in [1.54, 1.807) is 28.4 Å². The van der Waals surface area contributed by atoms with Crippen molar-refractivity contribution in [2.24, 2.45) is 0 Å². The number of hydrogen-bond donors (Lipinski definition) is 0. The molecule has 0 aromatic heterocycles. The second kappa shape index (κ2) is 11.2. The maximum Gasteiger partial charge on any atom is 0.246 e. The third kappa shape index (κ3) is 6.43. The normalized spacial score (nSPS) is 20.9. The standard InChI is InChI=1S/C17H31N5OS4/c1-5-7-19-10-21(16(24)26-12-19)9-14(15(23)18(3)4)22-11-20(8-6-2)13-27-17(22)25/h14H,5-13H2,1-4H3. The summed E-state index contributed by atoms with van der Waals surface area (Å²) in [5.41, 5.74) is 0. The monoisotopic (exact) mass is 449 g/mol. The van der Waals surface area contributed by atoms with Crippen LogP contribution >= 0.6 is 48.0 Å². The number of amides is 1. The Bertz CT molecular complexity index is 547. The van der Waals surface area contributed by atoms with E-state index in [1.807, 2.05) is 14.1 Å². The van der Waals surface area contributed by atoms with Gasteiger partial charge in [0.1, 0.15) is 14.7 Å². The molecule has 0 spiro atoms. The lowest BCUT2D eigenvalue weighted by Gasteiger charge is -2.44. The molecule has 27 heavy (non-hydrogen) atoms. The van der Waals surface area contributed by atoms with Gasteiger partial charge in [-0.15, -0.1) is 0 Å². The lowest BCUT2D eigenvalue weighted by molar-refractivity contribution is -0.134. The quantitative estimate of drug-likeness (QED) is 0.519. The Labute approximate surface area is 182 Å². The first-order chi connectivity index (χ1) is 12.9. The first-order valence-electron chi connectivity index (χ1n) is 9.38. The molecule has 2 aliphatic heterocycles. The summed E-state index contributed by atoms with van der Waals surface area (Å²) < 4.78 is 1.68. The molecule has 154 valence electrons. The molecule has 2 fully saturated rings. The summed E-state index contributed by atoms with van der Waals surface area (Å²) >= 11 is 14.6. The van der Waals surface area contributed by atoms with Crippen molar-refractivity contribution in [2.75, 3.05) is 58.8 Å². The molecule has 1 unspecified atom stereocenters. The van der Waals surface area contributed by atoms with Crippen molar-refractivity contribution in [3.63, 3.8) is 0 Å². The van der Waals surface area contributed by atoms with Crippen LogP contribution in [0.3, 0.4) is 0 Å². The highest BCUT2D eigenvalue weighted by molar-refractivity contribution is 8.23. The molecule has 0 N–H and O–H groups in total. The zero-order valence-electron chi connectivity index (χ0n) is 16.7. The lowest BCUT2D eigenvalue weighted by Crippen LogP contribution is -2.60. The van der Waals surface area contributed by atoms with Gasteiger partial charge in [-0.05, 0) is 12.8 Å². The Hall–Kier alpha value is -0.130. The number of likely N-dealkylation sites (N-methyl/N-ethyl adjacent to an activating group) is 1. The molecule has 0 aromatic rings. The van der Waals surface area contributed by atoms with Crippen molar-refractivity contribution in [1.29, 1.82) is 0 Å². The van der Waals surface area contributed by atoms with Gasteiger partial charge in [-0.3, -0.25) is 14.6 Å². The Morgan fingerprint density at radius 3 is 2.15 bits per heavy atom. The highest BCUT2D eigenvalue weighted by Crippen LogP contribution is 2.25. The minimum atomic E-state index is -0.320. The van der Waals surface area contributed by atoms with Gasteiger partial charge in [0.25, 0.3) is 0 Å². The van der Waals surface area contributed by atoms with E-state index in [4.69, 9.17) is 24.4 Å². The van der Waals surface area contributed by atoms with E-state index >= 15 is 0 Å². The van der Waals surface area contributed by atoms with Gasteiger partial charge in [0.2, 0.25) is 5.91 Å². The molecule has 0 aromatic carbocycles. The van der Waals surface area contributed by atoms with Crippen LogP contribution in [0.4, 0.5) is 0 Å². The van der Waals surface area contributed by atoms with Gasteiger partial charge in [0, 0.05) is 33.7 Å². The molecule has 2 saturated heterocycles. The Morgan fingerprint density at radius 2 is 1.59 bits per heavy atom. The minimum absolute atomic E-state index is 0.0803. The van der Waals surface area contributed by atoms with Gasteiger partial charge < -0.3 is 14.7 Å². The summed E-state index contributed by atoms with van der Waals surface area (Å²) in [5, 5.41) is 0. The molecule has 0 aliphatic carbocycles. The van der Waals surface area contributed by atoms with Gasteiger partial charge in [-0.2, -0.15) is 0 Å². The van der Waals surface area contributed by atoms with Gasteiger partial charge in [-0.25, -0.2) is 0 Å². The molecule has 0 bridgehead atoms. The average molecular weight is 450 g/mol. The van der Waals surface area contributed by atoms with E-state index in [2.05, 4.69) is 33.4 Å². The van der Waals surface area contributed by atoms with Gasteiger partial charge >= 0.3 is 0 Å². The molecule has 2 heterocycles. The summed E-state index contributed by atoms with van der Waals surface area (Å²) in [6.07, 6.45) is 2.20. The maximum atomic E-state index is 13.0. The summed E-state index contributed by atoms with van der Waals surface area (Å²) in [5.74, 6) is 1.91. The molecule has 0 saturated carbocycles. The Balaban J connectivity index is 2.17. The maximum absolute atomic E-state index is 13.0. The minimum Gasteiger partial charge on any atom is -0.347 e. The Kier molecular flexibility index (Phi) is 9.57. The summed E-state index contributed by atoms with van der Waals surface area (Å²) in [4.78, 5) is 23.7. The third-order valence-corrected chi connectivity index (χ3v) is 7.71. The largest absolute Gasteiger partial charge is 0.347 e. The zero-order chi connectivity index (χ0) is 20.0. The van der Waals surface area contributed by atoms with Crippen molar-refractivity contribution in [3.05, 3.63) is 0 Å². The van der Waals surface area contributed by atoms with Crippen LogP contribution in [0, 0.1) is 0 Å². The predicted octanol–water partition coefficient (Wildman–Crippen LogP) is 2.36. The summed E-state index contributed by atoms with van der Waals surface area (Å²) in [6.45, 7) is 8.48. The van der Waals surface area contributed by atoms with Gasteiger partial charge in [0.05, 0.1) is 25.1 Å². The highest BCUT2D eigenvalue weighted by atomic mass is 32.2. The molecular weight excluding hydrogens is 418 g/mol. The molecule has 2 aliphatic rings. The third-order valence-electron chi connectivity index (χ3n) is 4.53. The zero-order valence-corrected chi connectivity index (χ0v) is 20.0. The van der Waals surface area contributed by atoms with E-state index in [1.165, 1.54) is 0 Å². The van der Waals surface area contributed by atoms with E-state index in [-0.39, 0.29) is 11.9 Å². The second-order valence-electron chi connectivity index (χ2n) is 7.09. The summed E-state index contributed by atoms with van der Waals surface area (Å²) in [6, 6.07) is -0.320. The fourth-order valence-corrected chi connectivity index (χ4v) is 5.51. The number of carbonyl (C=O) groups excluding carboxylic acids is 1. The topological polar surface area (TPSA) is 33.3 Å². The molecule has 10 heteroatoms. The SMILES string of the molecule is CCCN1CSC(=S)N(CC(C(=O)N(C)C)N2CN(CCC)CSC2=S)C1. The molecule has 1 amide bonds. The van der Waals surface area contributed by atoms with Crippen LogP contribution in [-0.4, -0.2) is 104 Å². The van der Waals surface area contributed by atoms with Crippen LogP contribution < -0.4 is 0 Å². The molecule has 6 nitrogen and oxygen atoms in total. The number of rotatable bonds is 8. The van der Waals surface area contributed by atoms with Crippen molar-refractivity contribution < 1.29 is 4.79 Å². The molecule has 2 rings (SSSR count). The number of thiocarbonyl (C=S) groups is 2. The fourth-order valence-electron chi connectivity index (χ4n) is 3.20. The van der Waals surface area contributed by atoms with E-state index in [0.29, 0.717) is 13.2 Å². The van der Waals surface area contributed by atoms with Crippen molar-refractivity contribution >= 4 is 62.5 Å². The second-order valence-corrected chi connectivity index (χ2v) is 10.2. The number of hydrogen-bond acceptors (Lipinski definition) is 7. The first kappa shape index (κ1) is 23.2. The van der Waals surface area contributed by atoms with Gasteiger partial charge in [0.15, 0.2) is 0 Å². The molecular formula is C17H31N5OS4.